The van der Waals surface area contributed by atoms with Crippen molar-refractivity contribution in [1.29, 1.82) is 0 Å². The minimum Gasteiger partial charge on any atom is -0.377 e. The van der Waals surface area contributed by atoms with Crippen LogP contribution in [0.15, 0.2) is 30.8 Å². The van der Waals surface area contributed by atoms with Crippen LogP contribution >= 0.6 is 0 Å². The first-order valence-corrected chi connectivity index (χ1v) is 8.58. The highest BCUT2D eigenvalue weighted by Gasteiger charge is 2.36. The van der Waals surface area contributed by atoms with Gasteiger partial charge in [0.2, 0.25) is 0 Å². The molecule has 0 aliphatic heterocycles. The maximum atomic E-state index is 5.82. The van der Waals surface area contributed by atoms with E-state index in [1.54, 1.807) is 14.2 Å². The zero-order valence-corrected chi connectivity index (χ0v) is 13.1. The summed E-state index contributed by atoms with van der Waals surface area (Å²) in [5.41, 5.74) is 2.46. The van der Waals surface area contributed by atoms with Gasteiger partial charge in [-0.25, -0.2) is 0 Å². The van der Waals surface area contributed by atoms with Gasteiger partial charge in [0, 0.05) is 26.9 Å². The second-order valence-electron chi connectivity index (χ2n) is 4.34. The molecule has 0 atom stereocenters. The summed E-state index contributed by atoms with van der Waals surface area (Å²) in [6.07, 6.45) is 3.82. The van der Waals surface area contributed by atoms with Crippen LogP contribution in [0.25, 0.3) is 6.08 Å². The molecule has 1 aromatic carbocycles. The van der Waals surface area contributed by atoms with Crippen molar-refractivity contribution in [2.75, 3.05) is 20.8 Å². The molecule has 0 radical (unpaired) electrons. The van der Waals surface area contributed by atoms with Crippen LogP contribution in [0.5, 0.6) is 0 Å². The van der Waals surface area contributed by atoms with E-state index >= 15 is 0 Å². The molecule has 0 saturated carbocycles. The van der Waals surface area contributed by atoms with E-state index in [9.17, 15) is 0 Å². The third-order valence-electron chi connectivity index (χ3n) is 3.20. The summed E-state index contributed by atoms with van der Waals surface area (Å²) >= 11 is 0. The van der Waals surface area contributed by atoms with E-state index in [-0.39, 0.29) is 0 Å². The summed E-state index contributed by atoms with van der Waals surface area (Å²) < 4.78 is 16.6. The zero-order valence-electron chi connectivity index (χ0n) is 12.1. The second-order valence-corrected chi connectivity index (χ2v) is 7.52. The molecule has 0 aliphatic carbocycles. The van der Waals surface area contributed by atoms with Crippen molar-refractivity contribution in [3.8, 4) is 0 Å². The first kappa shape index (κ1) is 16.1. The average molecular weight is 280 g/mol. The highest BCUT2D eigenvalue weighted by atomic mass is 28.4. The summed E-state index contributed by atoms with van der Waals surface area (Å²) in [6.45, 7) is 6.45. The van der Waals surface area contributed by atoms with Gasteiger partial charge in [-0.2, -0.15) is 0 Å². The number of aryl methyl sites for hydroxylation is 1. The zero-order chi connectivity index (χ0) is 14.1. The summed E-state index contributed by atoms with van der Waals surface area (Å²) in [5, 5.41) is 0. The Labute approximate surface area is 117 Å². The molecule has 0 saturated heterocycles. The van der Waals surface area contributed by atoms with Crippen molar-refractivity contribution < 1.29 is 13.3 Å². The highest BCUT2D eigenvalue weighted by molar-refractivity contribution is 6.60. The van der Waals surface area contributed by atoms with Gasteiger partial charge in [-0.05, 0) is 24.0 Å². The predicted octanol–water partition coefficient (Wildman–Crippen LogP) is 3.53. The van der Waals surface area contributed by atoms with Crippen molar-refractivity contribution in [3.63, 3.8) is 0 Å². The molecular weight excluding hydrogens is 256 g/mol. The molecule has 106 valence electrons. The van der Waals surface area contributed by atoms with Gasteiger partial charge >= 0.3 is 8.80 Å². The van der Waals surface area contributed by atoms with Crippen LogP contribution in [0.1, 0.15) is 24.5 Å². The Morgan fingerprint density at radius 3 is 2.26 bits per heavy atom. The van der Waals surface area contributed by atoms with Crippen LogP contribution in [0.4, 0.5) is 0 Å². The SMILES string of the molecule is C=Cc1ccc(CCCO[Si](CC)(OC)OC)cc1. The molecule has 0 amide bonds. The second kappa shape index (κ2) is 8.27. The Kier molecular flexibility index (Phi) is 7.01. The van der Waals surface area contributed by atoms with Crippen molar-refractivity contribution >= 4 is 14.9 Å². The summed E-state index contributed by atoms with van der Waals surface area (Å²) in [4.78, 5) is 0. The topological polar surface area (TPSA) is 27.7 Å². The van der Waals surface area contributed by atoms with Crippen LogP contribution in [-0.4, -0.2) is 29.6 Å². The van der Waals surface area contributed by atoms with Crippen LogP contribution in [0, 0.1) is 0 Å². The highest BCUT2D eigenvalue weighted by Crippen LogP contribution is 2.14. The van der Waals surface area contributed by atoms with E-state index in [2.05, 4.69) is 30.8 Å². The van der Waals surface area contributed by atoms with Crippen LogP contribution < -0.4 is 0 Å². The molecule has 0 bridgehead atoms. The standard InChI is InChI=1S/C15H24O3Si/c1-5-14-9-11-15(12-10-14)8-7-13-18-19(6-2,16-3)17-4/h5,9-12H,1,6-8,13H2,2-4H3. The van der Waals surface area contributed by atoms with E-state index in [1.165, 1.54) is 5.56 Å². The molecule has 0 aromatic heterocycles. The molecule has 0 fully saturated rings. The first-order chi connectivity index (χ1) is 9.19. The normalized spacial score (nSPS) is 11.5. The fraction of sp³-hybridized carbons (Fsp3) is 0.467. The Hall–Kier alpha value is -0.943. The molecule has 19 heavy (non-hydrogen) atoms. The van der Waals surface area contributed by atoms with E-state index in [4.69, 9.17) is 13.3 Å². The third-order valence-corrected chi connectivity index (χ3v) is 5.96. The van der Waals surface area contributed by atoms with Gasteiger partial charge in [-0.3, -0.25) is 0 Å². The maximum Gasteiger partial charge on any atom is 0.500 e. The van der Waals surface area contributed by atoms with Crippen LogP contribution in [0.3, 0.4) is 0 Å². The van der Waals surface area contributed by atoms with Crippen molar-refractivity contribution in [1.82, 2.24) is 0 Å². The lowest BCUT2D eigenvalue weighted by atomic mass is 10.1. The molecule has 1 rings (SSSR count). The van der Waals surface area contributed by atoms with Gasteiger partial charge < -0.3 is 13.3 Å². The van der Waals surface area contributed by atoms with Crippen molar-refractivity contribution in [2.24, 2.45) is 0 Å². The summed E-state index contributed by atoms with van der Waals surface area (Å²) in [5.74, 6) is 0. The van der Waals surface area contributed by atoms with Crippen molar-refractivity contribution in [3.05, 3.63) is 42.0 Å². The molecule has 0 aliphatic rings. The van der Waals surface area contributed by atoms with Gasteiger partial charge in [-0.1, -0.05) is 43.8 Å². The largest absolute Gasteiger partial charge is 0.500 e. The molecule has 0 N–H and O–H groups in total. The molecular formula is C15H24O3Si. The molecule has 0 heterocycles. The van der Waals surface area contributed by atoms with E-state index in [0.29, 0.717) is 6.61 Å². The maximum absolute atomic E-state index is 5.82. The van der Waals surface area contributed by atoms with Crippen LogP contribution in [-0.2, 0) is 19.7 Å². The molecule has 1 aromatic rings. The number of benzene rings is 1. The monoisotopic (exact) mass is 280 g/mol. The quantitative estimate of drug-likeness (QED) is 0.511. The fourth-order valence-electron chi connectivity index (χ4n) is 1.92. The molecule has 0 unspecified atom stereocenters. The Balaban J connectivity index is 2.35. The van der Waals surface area contributed by atoms with E-state index in [0.717, 1.165) is 24.4 Å². The van der Waals surface area contributed by atoms with Gasteiger partial charge in [0.25, 0.3) is 0 Å². The minimum atomic E-state index is -2.38. The van der Waals surface area contributed by atoms with Crippen molar-refractivity contribution in [2.45, 2.75) is 25.8 Å². The van der Waals surface area contributed by atoms with E-state index < -0.39 is 8.80 Å². The van der Waals surface area contributed by atoms with Gasteiger partial charge in [0.15, 0.2) is 0 Å². The van der Waals surface area contributed by atoms with Gasteiger partial charge in [0.1, 0.15) is 0 Å². The molecule has 4 heteroatoms. The number of hydrogen-bond donors (Lipinski definition) is 0. The lowest BCUT2D eigenvalue weighted by Gasteiger charge is -2.24. The minimum absolute atomic E-state index is 0.672. The lowest BCUT2D eigenvalue weighted by Crippen LogP contribution is -2.43. The average Bonchev–Trinajstić information content (AvgIpc) is 2.49. The Morgan fingerprint density at radius 2 is 1.79 bits per heavy atom. The van der Waals surface area contributed by atoms with Gasteiger partial charge in [0.05, 0.1) is 0 Å². The third kappa shape index (κ3) is 4.91. The molecule has 3 nitrogen and oxygen atoms in total. The van der Waals surface area contributed by atoms with Gasteiger partial charge in [-0.15, -0.1) is 0 Å². The van der Waals surface area contributed by atoms with Crippen LogP contribution in [0.2, 0.25) is 6.04 Å². The summed E-state index contributed by atoms with van der Waals surface area (Å²) in [7, 11) is 0.936. The lowest BCUT2D eigenvalue weighted by molar-refractivity contribution is 0.0985. The smallest absolute Gasteiger partial charge is 0.377 e. The fourth-order valence-corrected chi connectivity index (χ4v) is 3.56. The first-order valence-electron chi connectivity index (χ1n) is 6.65. The Morgan fingerprint density at radius 1 is 1.16 bits per heavy atom. The number of rotatable bonds is 9. The Bertz CT molecular complexity index is 363. The molecule has 0 spiro atoms. The van der Waals surface area contributed by atoms with E-state index in [1.807, 2.05) is 13.0 Å². The predicted molar refractivity (Wildman–Crippen MR) is 81.1 cm³/mol. The number of hydrogen-bond acceptors (Lipinski definition) is 3. The summed E-state index contributed by atoms with van der Waals surface area (Å²) in [6, 6.07) is 9.23.